The molecule has 8 heteroatoms. The summed E-state index contributed by atoms with van der Waals surface area (Å²) in [5.41, 5.74) is 1.33. The van der Waals surface area contributed by atoms with Crippen molar-refractivity contribution in [2.75, 3.05) is 6.54 Å². The minimum atomic E-state index is -3.42. The van der Waals surface area contributed by atoms with Crippen LogP contribution in [0.5, 0.6) is 0 Å². The lowest BCUT2D eigenvalue weighted by Crippen LogP contribution is -2.58. The highest BCUT2D eigenvalue weighted by Gasteiger charge is 2.51. The van der Waals surface area contributed by atoms with Crippen LogP contribution in [0.1, 0.15) is 75.5 Å². The lowest BCUT2D eigenvalue weighted by Gasteiger charge is -2.52. The Morgan fingerprint density at radius 3 is 2.41 bits per heavy atom. The molecule has 2 aromatic rings. The molecular weight excluding hydrogens is 527 g/mol. The molecule has 0 spiro atoms. The van der Waals surface area contributed by atoms with Gasteiger partial charge in [0.25, 0.3) is 0 Å². The molecule has 1 N–H and O–H groups in total. The second-order valence-corrected chi connectivity index (χ2v) is 13.6. The van der Waals surface area contributed by atoms with E-state index in [-0.39, 0.29) is 35.7 Å². The highest BCUT2D eigenvalue weighted by atomic mass is 35.5. The molecule has 5 nitrogen and oxygen atoms in total. The molecular formula is C29H36Cl2N2O3S. The molecule has 2 fully saturated rings. The minimum absolute atomic E-state index is 0.0142. The van der Waals surface area contributed by atoms with E-state index < -0.39 is 15.4 Å². The Morgan fingerprint density at radius 1 is 1.14 bits per heavy atom. The van der Waals surface area contributed by atoms with Crippen LogP contribution < -0.4 is 4.72 Å². The first-order valence-electron chi connectivity index (χ1n) is 13.0. The van der Waals surface area contributed by atoms with E-state index in [9.17, 15) is 13.2 Å². The van der Waals surface area contributed by atoms with Crippen LogP contribution in [0.2, 0.25) is 10.0 Å². The molecule has 1 aliphatic heterocycles. The molecule has 0 bridgehead atoms. The summed E-state index contributed by atoms with van der Waals surface area (Å²) < 4.78 is 28.6. The topological polar surface area (TPSA) is 66.5 Å². The van der Waals surface area contributed by atoms with E-state index in [0.29, 0.717) is 42.1 Å². The molecule has 1 aliphatic carbocycles. The average molecular weight is 564 g/mol. The maximum absolute atomic E-state index is 14.3. The first-order valence-corrected chi connectivity index (χ1v) is 15.3. The van der Waals surface area contributed by atoms with Gasteiger partial charge in [0.2, 0.25) is 15.9 Å². The number of piperidine rings is 1. The number of amides is 1. The molecule has 4 atom stereocenters. The van der Waals surface area contributed by atoms with Crippen LogP contribution in [0.25, 0.3) is 0 Å². The van der Waals surface area contributed by atoms with Crippen molar-refractivity contribution in [2.24, 2.45) is 5.41 Å². The van der Waals surface area contributed by atoms with Crippen LogP contribution in [0.3, 0.4) is 0 Å². The first-order chi connectivity index (χ1) is 17.6. The summed E-state index contributed by atoms with van der Waals surface area (Å²) in [4.78, 5) is 16.2. The van der Waals surface area contributed by atoms with Gasteiger partial charge in [0.05, 0.1) is 16.7 Å². The van der Waals surface area contributed by atoms with Crippen molar-refractivity contribution in [3.8, 4) is 0 Å². The molecule has 1 unspecified atom stereocenters. The minimum Gasteiger partial charge on any atom is -0.330 e. The first kappa shape index (κ1) is 28.2. The van der Waals surface area contributed by atoms with Gasteiger partial charge >= 0.3 is 0 Å². The van der Waals surface area contributed by atoms with E-state index in [1.165, 1.54) is 0 Å². The van der Waals surface area contributed by atoms with Crippen LogP contribution in [0.4, 0.5) is 0 Å². The molecule has 37 heavy (non-hydrogen) atoms. The number of nitrogens with zero attached hydrogens (tertiary/aromatic N) is 1. The predicted molar refractivity (Wildman–Crippen MR) is 151 cm³/mol. The van der Waals surface area contributed by atoms with Gasteiger partial charge in [-0.05, 0) is 67.5 Å². The van der Waals surface area contributed by atoms with Gasteiger partial charge in [0.1, 0.15) is 0 Å². The van der Waals surface area contributed by atoms with E-state index in [4.69, 9.17) is 23.2 Å². The van der Waals surface area contributed by atoms with E-state index in [1.807, 2.05) is 61.2 Å². The zero-order valence-electron chi connectivity index (χ0n) is 21.5. The smallest absolute Gasteiger partial charge is 0.229 e. The van der Waals surface area contributed by atoms with Crippen molar-refractivity contribution in [2.45, 2.75) is 75.6 Å². The van der Waals surface area contributed by atoms with Gasteiger partial charge in [-0.1, -0.05) is 73.8 Å². The number of hydrogen-bond donors (Lipinski definition) is 1. The molecule has 1 saturated carbocycles. The Kier molecular flexibility index (Phi) is 8.74. The van der Waals surface area contributed by atoms with Crippen molar-refractivity contribution in [3.63, 3.8) is 0 Å². The van der Waals surface area contributed by atoms with Crippen molar-refractivity contribution in [1.82, 2.24) is 9.62 Å². The van der Waals surface area contributed by atoms with E-state index in [0.717, 1.165) is 17.5 Å². The number of carbonyl (C=O) groups is 1. The normalized spacial score (nSPS) is 25.5. The van der Waals surface area contributed by atoms with Crippen molar-refractivity contribution < 1.29 is 13.2 Å². The number of hydrogen-bond acceptors (Lipinski definition) is 3. The number of carbonyl (C=O) groups excluding carboxylic acids is 1. The maximum atomic E-state index is 14.3. The molecule has 1 saturated heterocycles. The van der Waals surface area contributed by atoms with Gasteiger partial charge in [-0.15, -0.1) is 6.58 Å². The summed E-state index contributed by atoms with van der Waals surface area (Å²) in [7, 11) is -3.42. The number of halogens is 2. The largest absolute Gasteiger partial charge is 0.330 e. The number of likely N-dealkylation sites (tertiary alicyclic amines) is 1. The number of rotatable bonds is 10. The standard InChI is InChI=1S/C29H36Cl2N2O3S/c1-4-16-29(3)18-26(21-8-6-9-23(31)17-21)27(20-12-14-22(30)15-13-20)33(28(29)34)24(5-2)19-32-37(35,36)25-10-7-11-25/h4,6,8-9,12-15,17,24-27,32H,1,5,7,10-11,16,18-19H2,2-3H3/t24?,26-,27-,29+/m1/s1. The summed E-state index contributed by atoms with van der Waals surface area (Å²) in [5, 5.41) is 0.925. The van der Waals surface area contributed by atoms with Gasteiger partial charge in [-0.2, -0.15) is 0 Å². The molecule has 1 heterocycles. The van der Waals surface area contributed by atoms with Crippen LogP contribution >= 0.6 is 23.2 Å². The SMILES string of the molecule is C=CC[C@@]1(C)C[C@H](c2cccc(Cl)c2)[C@@H](c2ccc(Cl)cc2)N(C(CC)CNS(=O)(=O)C2CCC2)C1=O. The highest BCUT2D eigenvalue weighted by Crippen LogP contribution is 2.52. The van der Waals surface area contributed by atoms with Crippen LogP contribution in [0, 0.1) is 5.41 Å². The fourth-order valence-corrected chi connectivity index (χ4v) is 7.68. The van der Waals surface area contributed by atoms with E-state index in [2.05, 4.69) is 17.4 Å². The molecule has 2 aromatic carbocycles. The maximum Gasteiger partial charge on any atom is 0.229 e. The monoisotopic (exact) mass is 562 g/mol. The predicted octanol–water partition coefficient (Wildman–Crippen LogP) is 6.88. The number of nitrogens with one attached hydrogen (secondary N) is 1. The van der Waals surface area contributed by atoms with Crippen LogP contribution in [-0.4, -0.2) is 37.1 Å². The fourth-order valence-electron chi connectivity index (χ4n) is 5.74. The number of benzene rings is 2. The average Bonchev–Trinajstić information content (AvgIpc) is 2.81. The van der Waals surface area contributed by atoms with Crippen molar-refractivity contribution in [1.29, 1.82) is 0 Å². The Morgan fingerprint density at radius 2 is 1.84 bits per heavy atom. The molecule has 200 valence electrons. The van der Waals surface area contributed by atoms with Gasteiger partial charge < -0.3 is 4.90 Å². The van der Waals surface area contributed by atoms with Gasteiger partial charge in [0, 0.05) is 28.5 Å². The third-order valence-corrected chi connectivity index (χ3v) is 10.5. The van der Waals surface area contributed by atoms with Crippen LogP contribution in [-0.2, 0) is 14.8 Å². The summed E-state index contributed by atoms with van der Waals surface area (Å²) in [5.74, 6) is -0.0415. The van der Waals surface area contributed by atoms with Crippen molar-refractivity contribution >= 4 is 39.1 Å². The Balaban J connectivity index is 1.80. The second kappa shape index (κ2) is 11.5. The summed E-state index contributed by atoms with van der Waals surface area (Å²) >= 11 is 12.7. The fraction of sp³-hybridized carbons (Fsp3) is 0.483. The zero-order chi connectivity index (χ0) is 26.8. The van der Waals surface area contributed by atoms with E-state index >= 15 is 0 Å². The second-order valence-electron chi connectivity index (χ2n) is 10.6. The highest BCUT2D eigenvalue weighted by molar-refractivity contribution is 7.90. The van der Waals surface area contributed by atoms with Gasteiger partial charge in [0.15, 0.2) is 0 Å². The van der Waals surface area contributed by atoms with Gasteiger partial charge in [-0.25, -0.2) is 13.1 Å². The molecule has 0 radical (unpaired) electrons. The van der Waals surface area contributed by atoms with E-state index in [1.54, 1.807) is 6.08 Å². The Bertz CT molecular complexity index is 1230. The third kappa shape index (κ3) is 5.93. The summed E-state index contributed by atoms with van der Waals surface area (Å²) in [6, 6.07) is 14.8. The molecule has 2 aliphatic rings. The number of sulfonamides is 1. The molecule has 4 rings (SSSR count). The zero-order valence-corrected chi connectivity index (χ0v) is 23.8. The lowest BCUT2D eigenvalue weighted by molar-refractivity contribution is -0.154. The Labute approximate surface area is 231 Å². The summed E-state index contributed by atoms with van der Waals surface area (Å²) in [6.07, 6.45) is 5.87. The van der Waals surface area contributed by atoms with Crippen LogP contribution in [0.15, 0.2) is 61.2 Å². The Hall–Kier alpha value is -1.86. The number of allylic oxidation sites excluding steroid dienone is 1. The third-order valence-electron chi connectivity index (χ3n) is 8.06. The summed E-state index contributed by atoms with van der Waals surface area (Å²) in [6.45, 7) is 8.10. The lowest BCUT2D eigenvalue weighted by atomic mass is 9.67. The van der Waals surface area contributed by atoms with Crippen molar-refractivity contribution in [3.05, 3.63) is 82.4 Å². The van der Waals surface area contributed by atoms with Gasteiger partial charge in [-0.3, -0.25) is 4.79 Å². The quantitative estimate of drug-likeness (QED) is 0.321. The molecule has 1 amide bonds. The molecule has 0 aromatic heterocycles.